The molecule has 5 heteroatoms. The van der Waals surface area contributed by atoms with Crippen LogP contribution in [0, 0.1) is 5.92 Å². The van der Waals surface area contributed by atoms with E-state index in [0.29, 0.717) is 19.0 Å². The number of ether oxygens (including phenoxy) is 2. The zero-order valence-corrected chi connectivity index (χ0v) is 10.4. The van der Waals surface area contributed by atoms with Gasteiger partial charge in [-0.05, 0) is 18.6 Å². The summed E-state index contributed by atoms with van der Waals surface area (Å²) in [4.78, 5) is 11.6. The lowest BCUT2D eigenvalue weighted by atomic mass is 9.98. The van der Waals surface area contributed by atoms with Gasteiger partial charge < -0.3 is 20.5 Å². The maximum atomic E-state index is 11.6. The molecule has 1 aliphatic rings. The number of nitrogens with one attached hydrogen (secondary N) is 1. The molecule has 0 spiro atoms. The van der Waals surface area contributed by atoms with Crippen LogP contribution in [0.3, 0.4) is 0 Å². The van der Waals surface area contributed by atoms with Gasteiger partial charge in [-0.15, -0.1) is 0 Å². The minimum absolute atomic E-state index is 0.118. The fourth-order valence-corrected chi connectivity index (χ4v) is 2.17. The first-order chi connectivity index (χ1) is 8.72. The minimum Gasteiger partial charge on any atom is -0.495 e. The average molecular weight is 250 g/mol. The van der Waals surface area contributed by atoms with Crippen LogP contribution in [0.4, 0.5) is 5.69 Å². The number of methoxy groups -OCH3 is 1. The highest BCUT2D eigenvalue weighted by Gasteiger charge is 2.30. The Morgan fingerprint density at radius 2 is 2.33 bits per heavy atom. The predicted molar refractivity (Wildman–Crippen MR) is 68.5 cm³/mol. The highest BCUT2D eigenvalue weighted by Crippen LogP contribution is 2.27. The Morgan fingerprint density at radius 3 is 2.94 bits per heavy atom. The summed E-state index contributed by atoms with van der Waals surface area (Å²) in [6.45, 7) is 1.25. The molecule has 2 unspecified atom stereocenters. The number of rotatable bonds is 5. The summed E-state index contributed by atoms with van der Waals surface area (Å²) in [6, 6.07) is 7.04. The number of amides is 1. The molecule has 1 aliphatic heterocycles. The fourth-order valence-electron chi connectivity index (χ4n) is 2.17. The molecule has 1 saturated heterocycles. The lowest BCUT2D eigenvalue weighted by Gasteiger charge is -2.22. The Balaban J connectivity index is 2.15. The molecule has 1 heterocycles. The Kier molecular flexibility index (Phi) is 4.04. The number of carbonyl (C=O) groups is 1. The molecular formula is C13H18N2O3. The van der Waals surface area contributed by atoms with Gasteiger partial charge in [-0.3, -0.25) is 4.79 Å². The number of carbonyl (C=O) groups excluding carboxylic acids is 1. The molecular weight excluding hydrogens is 232 g/mol. The van der Waals surface area contributed by atoms with Gasteiger partial charge in [-0.2, -0.15) is 0 Å². The molecule has 5 nitrogen and oxygen atoms in total. The first-order valence-electron chi connectivity index (χ1n) is 5.99. The van der Waals surface area contributed by atoms with E-state index in [9.17, 15) is 4.79 Å². The molecule has 3 N–H and O–H groups in total. The van der Waals surface area contributed by atoms with Crippen LogP contribution < -0.4 is 15.8 Å². The van der Waals surface area contributed by atoms with Crippen molar-refractivity contribution in [2.75, 3.05) is 25.6 Å². The number of nitrogens with two attached hydrogens (primary N) is 1. The van der Waals surface area contributed by atoms with E-state index in [4.69, 9.17) is 15.2 Å². The van der Waals surface area contributed by atoms with Crippen molar-refractivity contribution in [2.45, 2.75) is 12.5 Å². The average Bonchev–Trinajstić information content (AvgIpc) is 2.89. The third-order valence-electron chi connectivity index (χ3n) is 3.16. The van der Waals surface area contributed by atoms with Crippen LogP contribution in [0.25, 0.3) is 0 Å². The molecule has 0 aromatic heterocycles. The van der Waals surface area contributed by atoms with Gasteiger partial charge in [0.15, 0.2) is 0 Å². The van der Waals surface area contributed by atoms with E-state index < -0.39 is 6.04 Å². The molecule has 0 radical (unpaired) electrons. The van der Waals surface area contributed by atoms with Crippen LogP contribution in [0.15, 0.2) is 24.3 Å². The van der Waals surface area contributed by atoms with Gasteiger partial charge in [0, 0.05) is 12.5 Å². The van der Waals surface area contributed by atoms with Crippen molar-refractivity contribution in [2.24, 2.45) is 11.7 Å². The summed E-state index contributed by atoms with van der Waals surface area (Å²) in [5.41, 5.74) is 6.23. The fraction of sp³-hybridized carbons (Fsp3) is 0.462. The number of para-hydroxylation sites is 2. The molecule has 0 bridgehead atoms. The highest BCUT2D eigenvalue weighted by molar-refractivity contribution is 5.84. The molecule has 2 rings (SSSR count). The van der Waals surface area contributed by atoms with Gasteiger partial charge in [0.25, 0.3) is 0 Å². The van der Waals surface area contributed by atoms with Crippen LogP contribution in [0.2, 0.25) is 0 Å². The minimum atomic E-state index is -0.427. The van der Waals surface area contributed by atoms with E-state index in [2.05, 4.69) is 5.32 Å². The van der Waals surface area contributed by atoms with Crippen LogP contribution >= 0.6 is 0 Å². The quantitative estimate of drug-likeness (QED) is 0.817. The second-order valence-electron chi connectivity index (χ2n) is 4.35. The standard InChI is InChI=1S/C13H18N2O3/c1-17-11-5-3-2-4-10(11)15-12(13(14)16)9-6-7-18-8-9/h2-5,9,12,15H,6-8H2,1H3,(H2,14,16). The van der Waals surface area contributed by atoms with E-state index in [1.165, 1.54) is 0 Å². The summed E-state index contributed by atoms with van der Waals surface area (Å²) >= 11 is 0. The van der Waals surface area contributed by atoms with Crippen molar-refractivity contribution < 1.29 is 14.3 Å². The first-order valence-corrected chi connectivity index (χ1v) is 5.99. The van der Waals surface area contributed by atoms with E-state index in [-0.39, 0.29) is 11.8 Å². The third-order valence-corrected chi connectivity index (χ3v) is 3.16. The molecule has 1 aromatic rings. The lowest BCUT2D eigenvalue weighted by molar-refractivity contribution is -0.119. The molecule has 18 heavy (non-hydrogen) atoms. The van der Waals surface area contributed by atoms with Crippen molar-refractivity contribution in [3.63, 3.8) is 0 Å². The molecule has 0 saturated carbocycles. The largest absolute Gasteiger partial charge is 0.495 e. The Labute approximate surface area is 106 Å². The van der Waals surface area contributed by atoms with Gasteiger partial charge in [0.2, 0.25) is 5.91 Å². The Hall–Kier alpha value is -1.75. The highest BCUT2D eigenvalue weighted by atomic mass is 16.5. The lowest BCUT2D eigenvalue weighted by Crippen LogP contribution is -2.42. The van der Waals surface area contributed by atoms with Crippen LogP contribution in [-0.4, -0.2) is 32.3 Å². The van der Waals surface area contributed by atoms with Crippen molar-refractivity contribution in [1.29, 1.82) is 0 Å². The molecule has 2 atom stereocenters. The maximum absolute atomic E-state index is 11.6. The van der Waals surface area contributed by atoms with Crippen LogP contribution in [0.5, 0.6) is 5.75 Å². The third kappa shape index (κ3) is 2.73. The summed E-state index contributed by atoms with van der Waals surface area (Å²) in [6.07, 6.45) is 0.843. The zero-order chi connectivity index (χ0) is 13.0. The second-order valence-corrected chi connectivity index (χ2v) is 4.35. The van der Waals surface area contributed by atoms with E-state index >= 15 is 0 Å². The predicted octanol–water partition coefficient (Wildman–Crippen LogP) is 0.998. The summed E-state index contributed by atoms with van der Waals surface area (Å²) in [5, 5.41) is 3.16. The summed E-state index contributed by atoms with van der Waals surface area (Å²) in [5.74, 6) is 0.450. The zero-order valence-electron chi connectivity index (χ0n) is 10.4. The van der Waals surface area contributed by atoms with E-state index in [1.54, 1.807) is 7.11 Å². The van der Waals surface area contributed by atoms with E-state index in [0.717, 1.165) is 12.1 Å². The van der Waals surface area contributed by atoms with Gasteiger partial charge >= 0.3 is 0 Å². The number of anilines is 1. The SMILES string of the molecule is COc1ccccc1NC(C(N)=O)C1CCOC1. The van der Waals surface area contributed by atoms with Crippen molar-refractivity contribution in [1.82, 2.24) is 0 Å². The molecule has 98 valence electrons. The van der Waals surface area contributed by atoms with Gasteiger partial charge in [0.1, 0.15) is 11.8 Å². The van der Waals surface area contributed by atoms with Crippen LogP contribution in [0.1, 0.15) is 6.42 Å². The first kappa shape index (κ1) is 12.7. The van der Waals surface area contributed by atoms with Gasteiger partial charge in [0.05, 0.1) is 19.4 Å². The molecule has 1 aromatic carbocycles. The maximum Gasteiger partial charge on any atom is 0.240 e. The topological polar surface area (TPSA) is 73.6 Å². The summed E-state index contributed by atoms with van der Waals surface area (Å²) in [7, 11) is 1.60. The smallest absolute Gasteiger partial charge is 0.240 e. The Bertz CT molecular complexity index is 416. The summed E-state index contributed by atoms with van der Waals surface area (Å²) < 4.78 is 10.5. The molecule has 1 fully saturated rings. The van der Waals surface area contributed by atoms with Gasteiger partial charge in [-0.25, -0.2) is 0 Å². The normalized spacial score (nSPS) is 20.4. The molecule has 1 amide bonds. The second kappa shape index (κ2) is 5.73. The number of primary amides is 1. The van der Waals surface area contributed by atoms with Crippen molar-refractivity contribution in [3.8, 4) is 5.75 Å². The monoisotopic (exact) mass is 250 g/mol. The number of hydrogen-bond donors (Lipinski definition) is 2. The van der Waals surface area contributed by atoms with Gasteiger partial charge in [-0.1, -0.05) is 12.1 Å². The van der Waals surface area contributed by atoms with Crippen LogP contribution in [-0.2, 0) is 9.53 Å². The molecule has 0 aliphatic carbocycles. The number of benzene rings is 1. The number of hydrogen-bond acceptors (Lipinski definition) is 4. The van der Waals surface area contributed by atoms with Crippen molar-refractivity contribution in [3.05, 3.63) is 24.3 Å². The van der Waals surface area contributed by atoms with Crippen molar-refractivity contribution >= 4 is 11.6 Å². The van der Waals surface area contributed by atoms with E-state index in [1.807, 2.05) is 24.3 Å². The Morgan fingerprint density at radius 1 is 1.56 bits per heavy atom.